The van der Waals surface area contributed by atoms with Crippen molar-refractivity contribution in [3.63, 3.8) is 0 Å². The van der Waals surface area contributed by atoms with Crippen LogP contribution in [-0.4, -0.2) is 43.6 Å². The molecule has 128 valence electrons. The predicted octanol–water partition coefficient (Wildman–Crippen LogP) is 0.367. The number of anilines is 2. The van der Waals surface area contributed by atoms with Crippen LogP contribution >= 0.6 is 0 Å². The van der Waals surface area contributed by atoms with Gasteiger partial charge in [-0.3, -0.25) is 10.0 Å². The van der Waals surface area contributed by atoms with E-state index in [0.717, 1.165) is 0 Å². The highest BCUT2D eigenvalue weighted by molar-refractivity contribution is 7.91. The summed E-state index contributed by atoms with van der Waals surface area (Å²) in [5.41, 5.74) is 0.293. The Balaban J connectivity index is 2.05. The first-order chi connectivity index (χ1) is 11.4. The smallest absolute Gasteiger partial charge is 0.336 e. The summed E-state index contributed by atoms with van der Waals surface area (Å²) in [4.78, 5) is 23.0. The Morgan fingerprint density at radius 1 is 1.00 bits per heavy atom. The van der Waals surface area contributed by atoms with Gasteiger partial charge in [0.2, 0.25) is 5.95 Å². The van der Waals surface area contributed by atoms with Crippen molar-refractivity contribution in [1.82, 2.24) is 19.7 Å². The standard InChI is InChI=1S/C12H14N6O5S/c1-22-11-14-9(15-12(16-11)23-2)13-10(19)18-24(20,21)17-8-6-4-3-5-7-8/h3-7,17H,1-2H3,(H2,13,14,15,16,18,19). The lowest BCUT2D eigenvalue weighted by Gasteiger charge is -2.10. The maximum Gasteiger partial charge on any atom is 0.336 e. The zero-order chi connectivity index (χ0) is 17.6. The first-order valence-corrected chi connectivity index (χ1v) is 7.91. The zero-order valence-electron chi connectivity index (χ0n) is 12.7. The number of hydrogen-bond donors (Lipinski definition) is 3. The molecule has 0 atom stereocenters. The number of nitrogens with zero attached hydrogens (tertiary/aromatic N) is 3. The molecule has 0 bridgehead atoms. The lowest BCUT2D eigenvalue weighted by Crippen LogP contribution is -2.38. The molecule has 3 N–H and O–H groups in total. The van der Waals surface area contributed by atoms with Crippen LogP contribution in [0.3, 0.4) is 0 Å². The molecule has 1 heterocycles. The maximum absolute atomic E-state index is 11.9. The van der Waals surface area contributed by atoms with Crippen molar-refractivity contribution in [2.75, 3.05) is 24.3 Å². The van der Waals surface area contributed by atoms with E-state index in [1.807, 2.05) is 0 Å². The van der Waals surface area contributed by atoms with Gasteiger partial charge in [0.15, 0.2) is 0 Å². The van der Waals surface area contributed by atoms with Gasteiger partial charge in [0.25, 0.3) is 0 Å². The molecule has 2 aromatic rings. The summed E-state index contributed by atoms with van der Waals surface area (Å²) in [7, 11) is -1.51. The number of aromatic nitrogens is 3. The Hall–Kier alpha value is -3.15. The fraction of sp³-hybridized carbons (Fsp3) is 0.167. The van der Waals surface area contributed by atoms with Crippen molar-refractivity contribution in [3.8, 4) is 12.0 Å². The quantitative estimate of drug-likeness (QED) is 0.674. The van der Waals surface area contributed by atoms with Gasteiger partial charge in [0.05, 0.1) is 19.9 Å². The molecular formula is C12H14N6O5S. The molecule has 2 rings (SSSR count). The topological polar surface area (TPSA) is 144 Å². The van der Waals surface area contributed by atoms with Crippen LogP contribution in [0, 0.1) is 0 Å². The minimum Gasteiger partial charge on any atom is -0.467 e. The van der Waals surface area contributed by atoms with Crippen molar-refractivity contribution < 1.29 is 22.7 Å². The molecule has 0 aliphatic heterocycles. The summed E-state index contributed by atoms with van der Waals surface area (Å²) >= 11 is 0. The van der Waals surface area contributed by atoms with Crippen LogP contribution in [0.5, 0.6) is 12.0 Å². The molecule has 0 unspecified atom stereocenters. The van der Waals surface area contributed by atoms with Gasteiger partial charge in [-0.2, -0.15) is 18.4 Å². The average Bonchev–Trinajstić information content (AvgIpc) is 2.54. The van der Waals surface area contributed by atoms with Gasteiger partial charge in [-0.25, -0.2) is 9.52 Å². The minimum atomic E-state index is -4.13. The normalized spacial score (nSPS) is 10.6. The fourth-order valence-electron chi connectivity index (χ4n) is 1.51. The van der Waals surface area contributed by atoms with Crippen LogP contribution in [-0.2, 0) is 10.2 Å². The summed E-state index contributed by atoms with van der Waals surface area (Å²) in [6.45, 7) is 0. The van der Waals surface area contributed by atoms with E-state index < -0.39 is 16.2 Å². The zero-order valence-corrected chi connectivity index (χ0v) is 13.5. The second-order valence-corrected chi connectivity index (χ2v) is 5.58. The van der Waals surface area contributed by atoms with Crippen molar-refractivity contribution in [1.29, 1.82) is 0 Å². The van der Waals surface area contributed by atoms with E-state index in [1.165, 1.54) is 26.4 Å². The summed E-state index contributed by atoms with van der Waals surface area (Å²) < 4.78 is 37.3. The molecule has 0 spiro atoms. The van der Waals surface area contributed by atoms with Gasteiger partial charge >= 0.3 is 28.3 Å². The summed E-state index contributed by atoms with van der Waals surface area (Å²) in [5, 5.41) is 2.14. The Morgan fingerprint density at radius 2 is 1.58 bits per heavy atom. The van der Waals surface area contributed by atoms with Gasteiger partial charge in [0.1, 0.15) is 0 Å². The number of ether oxygens (including phenoxy) is 2. The van der Waals surface area contributed by atoms with Gasteiger partial charge in [-0.05, 0) is 12.1 Å². The Bertz CT molecular complexity index is 792. The van der Waals surface area contributed by atoms with Crippen molar-refractivity contribution in [3.05, 3.63) is 30.3 Å². The summed E-state index contributed by atoms with van der Waals surface area (Å²) in [5.74, 6) is -0.244. The molecule has 0 fully saturated rings. The Kier molecular flexibility index (Phi) is 5.31. The molecule has 12 heteroatoms. The molecule has 0 saturated carbocycles. The number of amides is 2. The van der Waals surface area contributed by atoms with Crippen LogP contribution in [0.2, 0.25) is 0 Å². The average molecular weight is 354 g/mol. The fourth-order valence-corrected chi connectivity index (χ4v) is 2.30. The van der Waals surface area contributed by atoms with Gasteiger partial charge in [0, 0.05) is 0 Å². The molecule has 0 radical (unpaired) electrons. The molecule has 24 heavy (non-hydrogen) atoms. The number of carbonyl (C=O) groups excluding carboxylic acids is 1. The van der Waals surface area contributed by atoms with Gasteiger partial charge in [-0.15, -0.1) is 4.98 Å². The number of carbonyl (C=O) groups is 1. The lowest BCUT2D eigenvalue weighted by atomic mass is 10.3. The molecular weight excluding hydrogens is 340 g/mol. The van der Waals surface area contributed by atoms with Crippen molar-refractivity contribution in [2.45, 2.75) is 0 Å². The SMILES string of the molecule is COc1nc(NC(=O)NS(=O)(=O)Nc2ccccc2)nc(OC)n1. The molecule has 11 nitrogen and oxygen atoms in total. The third kappa shape index (κ3) is 4.95. The maximum atomic E-state index is 11.9. The van der Waals surface area contributed by atoms with Crippen LogP contribution in [0.15, 0.2) is 30.3 Å². The van der Waals surface area contributed by atoms with Crippen LogP contribution < -0.4 is 24.2 Å². The second kappa shape index (κ2) is 7.41. The second-order valence-electron chi connectivity index (χ2n) is 4.16. The molecule has 1 aromatic carbocycles. The van der Waals surface area contributed by atoms with Gasteiger partial charge < -0.3 is 9.47 Å². The number of para-hydroxylation sites is 1. The summed E-state index contributed by atoms with van der Waals surface area (Å²) in [6, 6.07) is 6.76. The molecule has 0 saturated heterocycles. The van der Waals surface area contributed by atoms with E-state index in [2.05, 4.69) is 25.0 Å². The summed E-state index contributed by atoms with van der Waals surface area (Å²) in [6.07, 6.45) is 0. The predicted molar refractivity (Wildman–Crippen MR) is 84.1 cm³/mol. The number of benzene rings is 1. The van der Waals surface area contributed by atoms with Crippen LogP contribution in [0.1, 0.15) is 0 Å². The number of methoxy groups -OCH3 is 2. The minimum absolute atomic E-state index is 0.109. The van der Waals surface area contributed by atoms with E-state index >= 15 is 0 Å². The van der Waals surface area contributed by atoms with Crippen LogP contribution in [0.4, 0.5) is 16.4 Å². The largest absolute Gasteiger partial charge is 0.467 e. The highest BCUT2D eigenvalue weighted by Gasteiger charge is 2.16. The lowest BCUT2D eigenvalue weighted by molar-refractivity contribution is 0.256. The third-order valence-corrected chi connectivity index (χ3v) is 3.40. The van der Waals surface area contributed by atoms with E-state index in [9.17, 15) is 13.2 Å². The highest BCUT2D eigenvalue weighted by Crippen LogP contribution is 2.12. The van der Waals surface area contributed by atoms with E-state index in [0.29, 0.717) is 5.69 Å². The first kappa shape index (κ1) is 17.2. The first-order valence-electron chi connectivity index (χ1n) is 6.42. The molecule has 0 aliphatic rings. The Morgan fingerprint density at radius 3 is 2.12 bits per heavy atom. The Labute approximate surface area is 137 Å². The van der Waals surface area contributed by atoms with Crippen LogP contribution in [0.25, 0.3) is 0 Å². The molecule has 0 aliphatic carbocycles. The molecule has 1 aromatic heterocycles. The monoisotopic (exact) mass is 354 g/mol. The van der Waals surface area contributed by atoms with E-state index in [-0.39, 0.29) is 18.0 Å². The molecule has 2 amide bonds. The number of hydrogen-bond acceptors (Lipinski definition) is 8. The number of rotatable bonds is 6. The van der Waals surface area contributed by atoms with Crippen molar-refractivity contribution >= 4 is 27.9 Å². The third-order valence-electron chi connectivity index (χ3n) is 2.44. The van der Waals surface area contributed by atoms with E-state index in [4.69, 9.17) is 9.47 Å². The van der Waals surface area contributed by atoms with Crippen molar-refractivity contribution in [2.24, 2.45) is 0 Å². The van der Waals surface area contributed by atoms with Gasteiger partial charge in [-0.1, -0.05) is 18.2 Å². The highest BCUT2D eigenvalue weighted by atomic mass is 32.2. The number of nitrogens with one attached hydrogen (secondary N) is 3. The van der Waals surface area contributed by atoms with E-state index in [1.54, 1.807) is 22.9 Å². The number of urea groups is 1.